The molecule has 2 heterocycles. The molecule has 0 aromatic carbocycles. The third kappa shape index (κ3) is 0.695. The molecule has 0 fully saturated rings. The van der Waals surface area contributed by atoms with Gasteiger partial charge < -0.3 is 0 Å². The lowest BCUT2D eigenvalue weighted by Gasteiger charge is -1.79. The first kappa shape index (κ1) is 4.88. The van der Waals surface area contributed by atoms with Gasteiger partial charge in [-0.1, -0.05) is 0 Å². The number of hydrogen-bond donors (Lipinski definition) is 0. The first-order chi connectivity index (χ1) is 4.47. The standard InChI is InChI=1S/C6H3N2S/c1-3-7-8-6-5(1)2-4-9-6/h1,3-4H. The summed E-state index contributed by atoms with van der Waals surface area (Å²) < 4.78 is 0. The van der Waals surface area contributed by atoms with Gasteiger partial charge in [-0.25, -0.2) is 0 Å². The Morgan fingerprint density at radius 1 is 1.56 bits per heavy atom. The normalized spacial score (nSPS) is 10.2. The van der Waals surface area contributed by atoms with E-state index in [1.54, 1.807) is 17.5 Å². The molecule has 43 valence electrons. The number of rotatable bonds is 0. The Kier molecular flexibility index (Phi) is 0.960. The van der Waals surface area contributed by atoms with Gasteiger partial charge in [0, 0.05) is 16.8 Å². The Hall–Kier alpha value is -0.960. The van der Waals surface area contributed by atoms with E-state index in [1.165, 1.54) is 0 Å². The molecule has 0 N–H and O–H groups in total. The fourth-order valence-corrected chi connectivity index (χ4v) is 1.31. The second kappa shape index (κ2) is 1.77. The van der Waals surface area contributed by atoms with E-state index in [2.05, 4.69) is 16.3 Å². The third-order valence-electron chi connectivity index (χ3n) is 1.07. The fourth-order valence-electron chi connectivity index (χ4n) is 0.664. The zero-order valence-electron chi connectivity index (χ0n) is 4.53. The zero-order chi connectivity index (χ0) is 6.10. The molecule has 1 radical (unpaired) electrons. The van der Waals surface area contributed by atoms with Crippen molar-refractivity contribution in [2.45, 2.75) is 0 Å². The highest BCUT2D eigenvalue weighted by atomic mass is 32.1. The van der Waals surface area contributed by atoms with E-state index < -0.39 is 0 Å². The van der Waals surface area contributed by atoms with Gasteiger partial charge in [0.15, 0.2) is 0 Å². The molecule has 0 spiro atoms. The summed E-state index contributed by atoms with van der Waals surface area (Å²) in [4.78, 5) is 0.956. The molecule has 2 aromatic heterocycles. The quantitative estimate of drug-likeness (QED) is 0.547. The molecule has 0 aliphatic rings. The highest BCUT2D eigenvalue weighted by Gasteiger charge is 1.91. The van der Waals surface area contributed by atoms with Crippen LogP contribution in [0.25, 0.3) is 10.2 Å². The van der Waals surface area contributed by atoms with Gasteiger partial charge in [-0.05, 0) is 6.07 Å². The maximum absolute atomic E-state index is 3.88. The topological polar surface area (TPSA) is 25.8 Å². The molecule has 0 aliphatic carbocycles. The lowest BCUT2D eigenvalue weighted by molar-refractivity contribution is 1.09. The van der Waals surface area contributed by atoms with Gasteiger partial charge in [-0.15, -0.1) is 16.4 Å². The van der Waals surface area contributed by atoms with Crippen LogP contribution in [0.15, 0.2) is 17.6 Å². The second-order valence-corrected chi connectivity index (χ2v) is 2.49. The van der Waals surface area contributed by atoms with Crippen molar-refractivity contribution >= 4 is 21.6 Å². The molecule has 0 saturated carbocycles. The molecule has 3 heteroatoms. The van der Waals surface area contributed by atoms with Crippen molar-refractivity contribution in [2.24, 2.45) is 0 Å². The second-order valence-electron chi connectivity index (χ2n) is 1.63. The van der Waals surface area contributed by atoms with Crippen LogP contribution in [0.3, 0.4) is 0 Å². The summed E-state index contributed by atoms with van der Waals surface area (Å²) in [5, 5.41) is 10.5. The zero-order valence-corrected chi connectivity index (χ0v) is 5.35. The van der Waals surface area contributed by atoms with Crippen LogP contribution in [0.4, 0.5) is 0 Å². The molecule has 0 unspecified atom stereocenters. The number of fused-ring (bicyclic) bond motifs is 1. The van der Waals surface area contributed by atoms with Crippen LogP contribution in [0.5, 0.6) is 0 Å². The molecule has 2 rings (SSSR count). The Balaban J connectivity index is 2.95. The van der Waals surface area contributed by atoms with Crippen molar-refractivity contribution in [1.29, 1.82) is 0 Å². The predicted octanol–water partition coefficient (Wildman–Crippen LogP) is 1.49. The van der Waals surface area contributed by atoms with Crippen LogP contribution in [0.2, 0.25) is 0 Å². The van der Waals surface area contributed by atoms with Crippen molar-refractivity contribution in [1.82, 2.24) is 10.2 Å². The molecule has 0 amide bonds. The van der Waals surface area contributed by atoms with E-state index in [0.717, 1.165) is 10.2 Å². The Morgan fingerprint density at radius 2 is 2.56 bits per heavy atom. The largest absolute Gasteiger partial charge is 0.158 e. The van der Waals surface area contributed by atoms with Crippen LogP contribution in [-0.4, -0.2) is 10.2 Å². The van der Waals surface area contributed by atoms with E-state index in [9.17, 15) is 0 Å². The summed E-state index contributed by atoms with van der Waals surface area (Å²) in [6.45, 7) is 0. The summed E-state index contributed by atoms with van der Waals surface area (Å²) in [6, 6.07) is 4.94. The Bertz CT molecular complexity index is 285. The highest BCUT2D eigenvalue weighted by molar-refractivity contribution is 7.16. The fraction of sp³-hybridized carbons (Fsp3) is 0. The first-order valence-electron chi connectivity index (χ1n) is 2.53. The number of thiophene rings is 1. The minimum atomic E-state index is 0.956. The van der Waals surface area contributed by atoms with E-state index in [4.69, 9.17) is 0 Å². The van der Waals surface area contributed by atoms with Gasteiger partial charge in [0.05, 0.1) is 6.20 Å². The van der Waals surface area contributed by atoms with Crippen molar-refractivity contribution < 1.29 is 0 Å². The molecule has 0 bridgehead atoms. The van der Waals surface area contributed by atoms with E-state index in [0.29, 0.717) is 0 Å². The van der Waals surface area contributed by atoms with Gasteiger partial charge in [-0.3, -0.25) is 0 Å². The van der Waals surface area contributed by atoms with Gasteiger partial charge in [0.1, 0.15) is 4.83 Å². The van der Waals surface area contributed by atoms with Crippen molar-refractivity contribution in [3.63, 3.8) is 0 Å². The maximum atomic E-state index is 3.88. The van der Waals surface area contributed by atoms with E-state index >= 15 is 0 Å². The Morgan fingerprint density at radius 3 is 3.44 bits per heavy atom. The number of hydrogen-bond acceptors (Lipinski definition) is 3. The number of aromatic nitrogens is 2. The van der Waals surface area contributed by atoms with Gasteiger partial charge in [0.25, 0.3) is 0 Å². The maximum Gasteiger partial charge on any atom is 0.146 e. The SMILES string of the molecule is [c]1csc2nnccc12. The van der Waals surface area contributed by atoms with Gasteiger partial charge >= 0.3 is 0 Å². The molecule has 0 aliphatic heterocycles. The third-order valence-corrected chi connectivity index (χ3v) is 1.83. The molecular weight excluding hydrogens is 132 g/mol. The average molecular weight is 135 g/mol. The predicted molar refractivity (Wildman–Crippen MR) is 36.3 cm³/mol. The van der Waals surface area contributed by atoms with E-state index in [-0.39, 0.29) is 0 Å². The monoisotopic (exact) mass is 135 g/mol. The van der Waals surface area contributed by atoms with Crippen molar-refractivity contribution in [2.75, 3.05) is 0 Å². The van der Waals surface area contributed by atoms with Crippen LogP contribution >= 0.6 is 11.3 Å². The first-order valence-corrected chi connectivity index (χ1v) is 3.41. The Labute approximate surface area is 56.2 Å². The number of nitrogens with zero attached hydrogens (tertiary/aromatic N) is 2. The molecular formula is C6H3N2S. The summed E-state index contributed by atoms with van der Waals surface area (Å²) >= 11 is 1.56. The highest BCUT2D eigenvalue weighted by Crippen LogP contribution is 2.14. The van der Waals surface area contributed by atoms with Crippen LogP contribution in [-0.2, 0) is 0 Å². The molecule has 2 aromatic rings. The van der Waals surface area contributed by atoms with Crippen LogP contribution in [0.1, 0.15) is 0 Å². The summed E-state index contributed by atoms with van der Waals surface area (Å²) in [7, 11) is 0. The lowest BCUT2D eigenvalue weighted by Crippen LogP contribution is -1.74. The van der Waals surface area contributed by atoms with Crippen molar-refractivity contribution in [3.05, 3.63) is 23.7 Å². The molecule has 0 saturated heterocycles. The minimum Gasteiger partial charge on any atom is -0.158 e. The van der Waals surface area contributed by atoms with E-state index in [1.807, 2.05) is 11.4 Å². The van der Waals surface area contributed by atoms with Crippen molar-refractivity contribution in [3.8, 4) is 0 Å². The molecule has 9 heavy (non-hydrogen) atoms. The van der Waals surface area contributed by atoms with Crippen LogP contribution in [0, 0.1) is 6.07 Å². The summed E-state index contributed by atoms with van der Waals surface area (Å²) in [5.74, 6) is 0. The molecule has 0 atom stereocenters. The minimum absolute atomic E-state index is 0.956. The van der Waals surface area contributed by atoms with Crippen LogP contribution < -0.4 is 0 Å². The van der Waals surface area contributed by atoms with Gasteiger partial charge in [0.2, 0.25) is 0 Å². The average Bonchev–Trinajstić information content (AvgIpc) is 2.33. The molecule has 2 nitrogen and oxygen atoms in total. The van der Waals surface area contributed by atoms with Gasteiger partial charge in [-0.2, -0.15) is 5.10 Å². The summed E-state index contributed by atoms with van der Waals surface area (Å²) in [5.41, 5.74) is 0. The lowest BCUT2D eigenvalue weighted by atomic mass is 10.4. The summed E-state index contributed by atoms with van der Waals surface area (Å²) in [6.07, 6.45) is 1.67. The smallest absolute Gasteiger partial charge is 0.146 e.